The minimum Gasteiger partial charge on any atom is -0.330 e. The van der Waals surface area contributed by atoms with Crippen LogP contribution < -0.4 is 11.1 Å². The molecule has 0 aromatic heterocycles. The van der Waals surface area contributed by atoms with Gasteiger partial charge in [-0.15, -0.1) is 0 Å². The largest absolute Gasteiger partial charge is 0.330 e. The molecular formula is C13H22N2. The van der Waals surface area contributed by atoms with Gasteiger partial charge < -0.3 is 11.1 Å². The van der Waals surface area contributed by atoms with E-state index >= 15 is 0 Å². The van der Waals surface area contributed by atoms with Crippen molar-refractivity contribution in [3.63, 3.8) is 0 Å². The Balaban J connectivity index is 3.08. The summed E-state index contributed by atoms with van der Waals surface area (Å²) >= 11 is 0. The Labute approximate surface area is 92.9 Å². The molecule has 0 aliphatic rings. The molecule has 0 heterocycles. The van der Waals surface area contributed by atoms with Gasteiger partial charge in [-0.3, -0.25) is 0 Å². The van der Waals surface area contributed by atoms with Gasteiger partial charge in [0.15, 0.2) is 0 Å². The zero-order valence-electron chi connectivity index (χ0n) is 10.2. The monoisotopic (exact) mass is 206 g/mol. The zero-order chi connectivity index (χ0) is 11.5. The molecule has 0 fully saturated rings. The fourth-order valence-electron chi connectivity index (χ4n) is 2.00. The van der Waals surface area contributed by atoms with E-state index in [0.717, 1.165) is 0 Å². The average Bonchev–Trinajstić information content (AvgIpc) is 2.21. The second kappa shape index (κ2) is 4.77. The fraction of sp³-hybridized carbons (Fsp3) is 0.538. The zero-order valence-corrected chi connectivity index (χ0v) is 10.2. The standard InChI is InChI=1S/C13H22N2/c1-10-7-5-6-8-11(10)12(15-4)13(2,3)9-14/h5-8,12,15H,9,14H2,1-4H3. The van der Waals surface area contributed by atoms with Gasteiger partial charge in [0, 0.05) is 6.04 Å². The van der Waals surface area contributed by atoms with Crippen LogP contribution in [0.2, 0.25) is 0 Å². The first-order valence-electron chi connectivity index (χ1n) is 5.46. The van der Waals surface area contributed by atoms with E-state index in [9.17, 15) is 0 Å². The lowest BCUT2D eigenvalue weighted by Gasteiger charge is -2.34. The maximum absolute atomic E-state index is 5.83. The van der Waals surface area contributed by atoms with E-state index in [-0.39, 0.29) is 5.41 Å². The molecule has 0 aliphatic heterocycles. The second-order valence-corrected chi connectivity index (χ2v) is 4.77. The van der Waals surface area contributed by atoms with Gasteiger partial charge in [-0.25, -0.2) is 0 Å². The molecule has 1 unspecified atom stereocenters. The molecule has 1 atom stereocenters. The maximum Gasteiger partial charge on any atom is 0.0384 e. The molecular weight excluding hydrogens is 184 g/mol. The number of nitrogens with two attached hydrogens (primary N) is 1. The highest BCUT2D eigenvalue weighted by atomic mass is 14.9. The number of hydrogen-bond acceptors (Lipinski definition) is 2. The Morgan fingerprint density at radius 3 is 2.40 bits per heavy atom. The molecule has 0 saturated heterocycles. The topological polar surface area (TPSA) is 38.0 Å². The van der Waals surface area contributed by atoms with Crippen LogP contribution >= 0.6 is 0 Å². The number of nitrogens with one attached hydrogen (secondary N) is 1. The highest BCUT2D eigenvalue weighted by Crippen LogP contribution is 2.33. The molecule has 0 radical (unpaired) electrons. The summed E-state index contributed by atoms with van der Waals surface area (Å²) < 4.78 is 0. The summed E-state index contributed by atoms with van der Waals surface area (Å²) in [6.07, 6.45) is 0. The molecule has 0 amide bonds. The van der Waals surface area contributed by atoms with Crippen LogP contribution in [-0.4, -0.2) is 13.6 Å². The number of rotatable bonds is 4. The summed E-state index contributed by atoms with van der Waals surface area (Å²) in [6, 6.07) is 8.78. The fourth-order valence-corrected chi connectivity index (χ4v) is 2.00. The van der Waals surface area contributed by atoms with Crippen LogP contribution in [0.1, 0.15) is 31.0 Å². The summed E-state index contributed by atoms with van der Waals surface area (Å²) in [5, 5.41) is 3.37. The normalized spacial score (nSPS) is 13.9. The van der Waals surface area contributed by atoms with Crippen molar-refractivity contribution in [3.05, 3.63) is 35.4 Å². The van der Waals surface area contributed by atoms with E-state index in [1.807, 2.05) is 7.05 Å². The molecule has 0 saturated carbocycles. The quantitative estimate of drug-likeness (QED) is 0.793. The van der Waals surface area contributed by atoms with Crippen molar-refractivity contribution in [2.24, 2.45) is 11.1 Å². The van der Waals surface area contributed by atoms with E-state index in [2.05, 4.69) is 50.4 Å². The van der Waals surface area contributed by atoms with E-state index in [0.29, 0.717) is 12.6 Å². The predicted octanol–water partition coefficient (Wildman–Crippen LogP) is 2.24. The highest BCUT2D eigenvalue weighted by Gasteiger charge is 2.28. The lowest BCUT2D eigenvalue weighted by molar-refractivity contribution is 0.265. The van der Waals surface area contributed by atoms with E-state index in [4.69, 9.17) is 5.73 Å². The average molecular weight is 206 g/mol. The summed E-state index contributed by atoms with van der Waals surface area (Å²) in [5.74, 6) is 0. The van der Waals surface area contributed by atoms with Gasteiger partial charge in [-0.1, -0.05) is 38.1 Å². The van der Waals surface area contributed by atoms with Crippen LogP contribution in [0, 0.1) is 12.3 Å². The van der Waals surface area contributed by atoms with Crippen molar-refractivity contribution in [2.75, 3.05) is 13.6 Å². The smallest absolute Gasteiger partial charge is 0.0384 e. The van der Waals surface area contributed by atoms with Crippen LogP contribution in [-0.2, 0) is 0 Å². The summed E-state index contributed by atoms with van der Waals surface area (Å²) in [5.41, 5.74) is 8.56. The van der Waals surface area contributed by atoms with E-state index < -0.39 is 0 Å². The van der Waals surface area contributed by atoms with Crippen molar-refractivity contribution in [3.8, 4) is 0 Å². The first kappa shape index (κ1) is 12.2. The van der Waals surface area contributed by atoms with Gasteiger partial charge in [0.25, 0.3) is 0 Å². The van der Waals surface area contributed by atoms with Gasteiger partial charge in [-0.2, -0.15) is 0 Å². The lowest BCUT2D eigenvalue weighted by Crippen LogP contribution is -2.38. The molecule has 1 aromatic rings. The number of aryl methyl sites for hydroxylation is 1. The second-order valence-electron chi connectivity index (χ2n) is 4.77. The van der Waals surface area contributed by atoms with Gasteiger partial charge in [0.1, 0.15) is 0 Å². The van der Waals surface area contributed by atoms with Crippen LogP contribution in [0.4, 0.5) is 0 Å². The first-order valence-corrected chi connectivity index (χ1v) is 5.46. The van der Waals surface area contributed by atoms with Crippen LogP contribution in [0.3, 0.4) is 0 Å². The first-order chi connectivity index (χ1) is 7.03. The van der Waals surface area contributed by atoms with Crippen molar-refractivity contribution >= 4 is 0 Å². The minimum absolute atomic E-state index is 0.0703. The molecule has 0 aliphatic carbocycles. The molecule has 2 nitrogen and oxygen atoms in total. The van der Waals surface area contributed by atoms with Gasteiger partial charge in [0.05, 0.1) is 0 Å². The van der Waals surface area contributed by atoms with Crippen LogP contribution in [0.15, 0.2) is 24.3 Å². The molecule has 0 spiro atoms. The van der Waals surface area contributed by atoms with Crippen molar-refractivity contribution < 1.29 is 0 Å². The third kappa shape index (κ3) is 2.58. The highest BCUT2D eigenvalue weighted by molar-refractivity contribution is 5.30. The summed E-state index contributed by atoms with van der Waals surface area (Å²) in [6.45, 7) is 7.21. The Kier molecular flexibility index (Phi) is 3.89. The molecule has 15 heavy (non-hydrogen) atoms. The molecule has 0 bridgehead atoms. The van der Waals surface area contributed by atoms with Gasteiger partial charge in [0.2, 0.25) is 0 Å². The summed E-state index contributed by atoms with van der Waals surface area (Å²) in [4.78, 5) is 0. The number of benzene rings is 1. The van der Waals surface area contributed by atoms with Crippen molar-refractivity contribution in [2.45, 2.75) is 26.8 Å². The molecule has 2 heteroatoms. The van der Waals surface area contributed by atoms with Crippen LogP contribution in [0.25, 0.3) is 0 Å². The molecule has 84 valence electrons. The molecule has 1 aromatic carbocycles. The summed E-state index contributed by atoms with van der Waals surface area (Å²) in [7, 11) is 1.99. The maximum atomic E-state index is 5.83. The van der Waals surface area contributed by atoms with Crippen LogP contribution in [0.5, 0.6) is 0 Å². The van der Waals surface area contributed by atoms with E-state index in [1.54, 1.807) is 0 Å². The Bertz CT molecular complexity index is 318. The SMILES string of the molecule is CNC(c1ccccc1C)C(C)(C)CN. The third-order valence-electron chi connectivity index (χ3n) is 3.10. The van der Waals surface area contributed by atoms with Crippen molar-refractivity contribution in [1.82, 2.24) is 5.32 Å². The molecule has 1 rings (SSSR count). The van der Waals surface area contributed by atoms with Gasteiger partial charge >= 0.3 is 0 Å². The lowest BCUT2D eigenvalue weighted by atomic mass is 9.79. The predicted molar refractivity (Wildman–Crippen MR) is 65.8 cm³/mol. The Morgan fingerprint density at radius 2 is 1.93 bits per heavy atom. The minimum atomic E-state index is 0.0703. The van der Waals surface area contributed by atoms with E-state index in [1.165, 1.54) is 11.1 Å². The molecule has 3 N–H and O–H groups in total. The van der Waals surface area contributed by atoms with Crippen molar-refractivity contribution in [1.29, 1.82) is 0 Å². The Morgan fingerprint density at radius 1 is 1.33 bits per heavy atom. The Hall–Kier alpha value is -0.860. The number of hydrogen-bond donors (Lipinski definition) is 2. The van der Waals surface area contributed by atoms with Gasteiger partial charge in [-0.05, 0) is 37.1 Å². The third-order valence-corrected chi connectivity index (χ3v) is 3.10.